The van der Waals surface area contributed by atoms with Crippen molar-refractivity contribution < 1.29 is 9.53 Å². The summed E-state index contributed by atoms with van der Waals surface area (Å²) >= 11 is 1.89. The van der Waals surface area contributed by atoms with Crippen LogP contribution in [0.15, 0.2) is 0 Å². The van der Waals surface area contributed by atoms with Crippen LogP contribution < -0.4 is 5.32 Å². The van der Waals surface area contributed by atoms with Crippen LogP contribution in [-0.2, 0) is 9.53 Å². The normalized spacial score (nSPS) is 26.3. The molecule has 0 spiro atoms. The molecule has 0 aromatic heterocycles. The number of hydrogen-bond donors (Lipinski definition) is 1. The predicted octanol–water partition coefficient (Wildman–Crippen LogP) is 0.500. The van der Waals surface area contributed by atoms with E-state index in [4.69, 9.17) is 0 Å². The topological polar surface area (TPSA) is 38.3 Å². The number of rotatable bonds is 2. The number of methoxy groups -OCH3 is 1. The maximum Gasteiger partial charge on any atom is 0.309 e. The van der Waals surface area contributed by atoms with E-state index in [0.29, 0.717) is 0 Å². The van der Waals surface area contributed by atoms with Crippen LogP contribution in [0.3, 0.4) is 0 Å². The maximum atomic E-state index is 11.1. The SMILES string of the molecule is COC(=O)C(C)C1CSCCN1. The van der Waals surface area contributed by atoms with Gasteiger partial charge in [-0.25, -0.2) is 0 Å². The first kappa shape index (κ1) is 9.86. The van der Waals surface area contributed by atoms with E-state index in [1.54, 1.807) is 0 Å². The molecule has 1 heterocycles. The highest BCUT2D eigenvalue weighted by Gasteiger charge is 2.25. The second kappa shape index (κ2) is 4.72. The van der Waals surface area contributed by atoms with Crippen LogP contribution in [0.2, 0.25) is 0 Å². The Balaban J connectivity index is 2.39. The largest absolute Gasteiger partial charge is 0.469 e. The van der Waals surface area contributed by atoms with Gasteiger partial charge in [0.2, 0.25) is 0 Å². The minimum Gasteiger partial charge on any atom is -0.469 e. The van der Waals surface area contributed by atoms with Gasteiger partial charge in [-0.1, -0.05) is 6.92 Å². The molecular weight excluding hydrogens is 174 g/mol. The summed E-state index contributed by atoms with van der Waals surface area (Å²) in [5, 5.41) is 3.31. The van der Waals surface area contributed by atoms with E-state index in [0.717, 1.165) is 18.1 Å². The van der Waals surface area contributed by atoms with Crippen molar-refractivity contribution >= 4 is 17.7 Å². The van der Waals surface area contributed by atoms with E-state index < -0.39 is 0 Å². The zero-order chi connectivity index (χ0) is 8.97. The molecule has 1 aliphatic rings. The highest BCUT2D eigenvalue weighted by molar-refractivity contribution is 7.99. The summed E-state index contributed by atoms with van der Waals surface area (Å²) in [4.78, 5) is 11.1. The third-order valence-corrected chi connectivity index (χ3v) is 3.21. The lowest BCUT2D eigenvalue weighted by atomic mass is 10.0. The zero-order valence-corrected chi connectivity index (χ0v) is 8.32. The van der Waals surface area contributed by atoms with Crippen LogP contribution in [0.5, 0.6) is 0 Å². The van der Waals surface area contributed by atoms with Crippen LogP contribution in [-0.4, -0.2) is 37.2 Å². The fourth-order valence-corrected chi connectivity index (χ4v) is 2.35. The third-order valence-electron chi connectivity index (χ3n) is 2.13. The molecule has 1 fully saturated rings. The standard InChI is InChI=1S/C8H15NO2S/c1-6(8(10)11-2)7-5-12-4-3-9-7/h6-7,9H,3-5H2,1-2H3. The fourth-order valence-electron chi connectivity index (χ4n) is 1.26. The summed E-state index contributed by atoms with van der Waals surface area (Å²) in [5.41, 5.74) is 0. The van der Waals surface area contributed by atoms with Crippen LogP contribution in [0, 0.1) is 5.92 Å². The Kier molecular flexibility index (Phi) is 3.88. The van der Waals surface area contributed by atoms with Gasteiger partial charge in [0, 0.05) is 24.1 Å². The molecule has 1 aliphatic heterocycles. The summed E-state index contributed by atoms with van der Waals surface area (Å²) in [6, 6.07) is 0.288. The van der Waals surface area contributed by atoms with Crippen molar-refractivity contribution in [3.8, 4) is 0 Å². The van der Waals surface area contributed by atoms with Crippen molar-refractivity contribution in [1.29, 1.82) is 0 Å². The summed E-state index contributed by atoms with van der Waals surface area (Å²) in [6.07, 6.45) is 0. The molecule has 0 saturated carbocycles. The van der Waals surface area contributed by atoms with E-state index in [9.17, 15) is 4.79 Å². The lowest BCUT2D eigenvalue weighted by Gasteiger charge is -2.26. The van der Waals surface area contributed by atoms with Gasteiger partial charge < -0.3 is 10.1 Å². The number of esters is 1. The Morgan fingerprint density at radius 2 is 2.50 bits per heavy atom. The number of thioether (sulfide) groups is 1. The van der Waals surface area contributed by atoms with E-state index in [1.807, 2.05) is 18.7 Å². The van der Waals surface area contributed by atoms with Gasteiger partial charge in [0.25, 0.3) is 0 Å². The summed E-state index contributed by atoms with van der Waals surface area (Å²) in [5.74, 6) is 2.01. The first-order valence-electron chi connectivity index (χ1n) is 4.14. The molecule has 3 nitrogen and oxygen atoms in total. The average molecular weight is 189 g/mol. The predicted molar refractivity (Wildman–Crippen MR) is 50.3 cm³/mol. The molecule has 0 bridgehead atoms. The van der Waals surface area contributed by atoms with E-state index in [-0.39, 0.29) is 17.9 Å². The molecule has 70 valence electrons. The number of carbonyl (C=O) groups excluding carboxylic acids is 1. The molecule has 0 radical (unpaired) electrons. The summed E-state index contributed by atoms with van der Waals surface area (Å²) in [6.45, 7) is 2.91. The Bertz CT molecular complexity index is 157. The Hall–Kier alpha value is -0.220. The molecule has 12 heavy (non-hydrogen) atoms. The maximum absolute atomic E-state index is 11.1. The van der Waals surface area contributed by atoms with Crippen LogP contribution >= 0.6 is 11.8 Å². The molecule has 0 amide bonds. The minimum atomic E-state index is -0.116. The lowest BCUT2D eigenvalue weighted by molar-refractivity contribution is -0.145. The van der Waals surface area contributed by atoms with Gasteiger partial charge in [-0.3, -0.25) is 4.79 Å². The quantitative estimate of drug-likeness (QED) is 0.642. The molecule has 2 unspecified atom stereocenters. The Labute approximate surface area is 77.2 Å². The molecule has 0 aromatic carbocycles. The Morgan fingerprint density at radius 3 is 3.00 bits per heavy atom. The Morgan fingerprint density at radius 1 is 1.75 bits per heavy atom. The fraction of sp³-hybridized carbons (Fsp3) is 0.875. The van der Waals surface area contributed by atoms with Gasteiger partial charge in [0.1, 0.15) is 0 Å². The van der Waals surface area contributed by atoms with E-state index >= 15 is 0 Å². The van der Waals surface area contributed by atoms with Gasteiger partial charge in [0.15, 0.2) is 0 Å². The van der Waals surface area contributed by atoms with Gasteiger partial charge in [-0.05, 0) is 0 Å². The van der Waals surface area contributed by atoms with E-state index in [1.165, 1.54) is 7.11 Å². The molecule has 1 rings (SSSR count). The number of hydrogen-bond acceptors (Lipinski definition) is 4. The number of carbonyl (C=O) groups is 1. The van der Waals surface area contributed by atoms with Crippen molar-refractivity contribution in [3.05, 3.63) is 0 Å². The second-order valence-corrected chi connectivity index (χ2v) is 4.10. The molecule has 2 atom stereocenters. The molecule has 1 N–H and O–H groups in total. The third kappa shape index (κ3) is 2.38. The molecule has 4 heteroatoms. The second-order valence-electron chi connectivity index (χ2n) is 2.95. The first-order valence-corrected chi connectivity index (χ1v) is 5.30. The van der Waals surface area contributed by atoms with Crippen LogP contribution in [0.1, 0.15) is 6.92 Å². The highest BCUT2D eigenvalue weighted by Crippen LogP contribution is 2.15. The zero-order valence-electron chi connectivity index (χ0n) is 7.50. The first-order chi connectivity index (χ1) is 5.75. The monoisotopic (exact) mass is 189 g/mol. The molecule has 0 aromatic rings. The van der Waals surface area contributed by atoms with Gasteiger partial charge in [0.05, 0.1) is 13.0 Å². The van der Waals surface area contributed by atoms with Crippen LogP contribution in [0.4, 0.5) is 0 Å². The highest BCUT2D eigenvalue weighted by atomic mass is 32.2. The summed E-state index contributed by atoms with van der Waals surface area (Å²) < 4.78 is 4.68. The van der Waals surface area contributed by atoms with Gasteiger partial charge in [-0.2, -0.15) is 11.8 Å². The molecule has 0 aliphatic carbocycles. The van der Waals surface area contributed by atoms with Crippen molar-refractivity contribution in [2.45, 2.75) is 13.0 Å². The summed E-state index contributed by atoms with van der Waals surface area (Å²) in [7, 11) is 1.44. The smallest absolute Gasteiger partial charge is 0.309 e. The van der Waals surface area contributed by atoms with Crippen LogP contribution in [0.25, 0.3) is 0 Å². The number of nitrogens with one attached hydrogen (secondary N) is 1. The van der Waals surface area contributed by atoms with Gasteiger partial charge >= 0.3 is 5.97 Å². The van der Waals surface area contributed by atoms with Gasteiger partial charge in [-0.15, -0.1) is 0 Å². The van der Waals surface area contributed by atoms with Crippen molar-refractivity contribution in [3.63, 3.8) is 0 Å². The van der Waals surface area contributed by atoms with E-state index in [2.05, 4.69) is 10.1 Å². The minimum absolute atomic E-state index is 0.0252. The average Bonchev–Trinajstić information content (AvgIpc) is 2.17. The molecule has 1 saturated heterocycles. The van der Waals surface area contributed by atoms with Crippen molar-refractivity contribution in [2.75, 3.05) is 25.2 Å². The van der Waals surface area contributed by atoms with Crippen molar-refractivity contribution in [1.82, 2.24) is 5.32 Å². The lowest BCUT2D eigenvalue weighted by Crippen LogP contribution is -2.44. The molecular formula is C8H15NO2S. The number of ether oxygens (including phenoxy) is 1. The van der Waals surface area contributed by atoms with Crippen molar-refractivity contribution in [2.24, 2.45) is 5.92 Å².